The number of carbonyl (C=O) groups excluding carboxylic acids is 2. The van der Waals surface area contributed by atoms with Crippen LogP contribution >= 0.6 is 0 Å². The molecule has 2 fully saturated rings. The molecule has 0 radical (unpaired) electrons. The van der Waals surface area contributed by atoms with Crippen LogP contribution in [0.2, 0.25) is 0 Å². The second-order valence-electron chi connectivity index (χ2n) is 7.74. The molecule has 2 aromatic rings. The van der Waals surface area contributed by atoms with E-state index in [1.807, 2.05) is 31.2 Å². The number of aryl methyl sites for hydroxylation is 1. The number of benzene rings is 2. The minimum Gasteiger partial charge on any atom is -0.352 e. The summed E-state index contributed by atoms with van der Waals surface area (Å²) in [6.45, 7) is 3.77. The van der Waals surface area contributed by atoms with E-state index < -0.39 is 16.1 Å². The molecule has 1 unspecified atom stereocenters. The second kappa shape index (κ2) is 8.20. The number of sulfonamides is 1. The zero-order valence-corrected chi connectivity index (χ0v) is 17.7. The van der Waals surface area contributed by atoms with E-state index in [0.29, 0.717) is 31.7 Å². The van der Waals surface area contributed by atoms with E-state index in [2.05, 4.69) is 5.32 Å². The van der Waals surface area contributed by atoms with Crippen LogP contribution in [0, 0.1) is 6.92 Å². The molecular weight excluding hydrogens is 402 g/mol. The molecule has 8 heteroatoms. The van der Waals surface area contributed by atoms with E-state index in [4.69, 9.17) is 0 Å². The van der Waals surface area contributed by atoms with Crippen LogP contribution in [0.15, 0.2) is 53.4 Å². The van der Waals surface area contributed by atoms with Crippen molar-refractivity contribution in [2.24, 2.45) is 0 Å². The molecule has 1 atom stereocenters. The third-order valence-electron chi connectivity index (χ3n) is 5.63. The van der Waals surface area contributed by atoms with Crippen LogP contribution in [-0.4, -0.2) is 55.6 Å². The lowest BCUT2D eigenvalue weighted by Crippen LogP contribution is -2.52. The molecule has 158 valence electrons. The molecule has 30 heavy (non-hydrogen) atoms. The Hall–Kier alpha value is -2.71. The minimum absolute atomic E-state index is 0.188. The van der Waals surface area contributed by atoms with Crippen LogP contribution in [0.3, 0.4) is 0 Å². The third-order valence-corrected chi connectivity index (χ3v) is 7.55. The molecule has 2 aliphatic rings. The largest absolute Gasteiger partial charge is 0.352 e. The normalized spacial score (nSPS) is 20.2. The van der Waals surface area contributed by atoms with Gasteiger partial charge in [-0.25, -0.2) is 8.42 Å². The highest BCUT2D eigenvalue weighted by Gasteiger charge is 2.35. The summed E-state index contributed by atoms with van der Waals surface area (Å²) in [5.74, 6) is -0.505. The molecule has 2 aliphatic heterocycles. The van der Waals surface area contributed by atoms with Gasteiger partial charge in [0.1, 0.15) is 6.04 Å². The summed E-state index contributed by atoms with van der Waals surface area (Å²) in [7, 11) is -3.53. The van der Waals surface area contributed by atoms with Gasteiger partial charge in [0.05, 0.1) is 4.90 Å². The highest BCUT2D eigenvalue weighted by atomic mass is 32.2. The number of hydrogen-bond donors (Lipinski definition) is 1. The van der Waals surface area contributed by atoms with Crippen LogP contribution < -0.4 is 5.32 Å². The monoisotopic (exact) mass is 427 g/mol. The van der Waals surface area contributed by atoms with E-state index in [-0.39, 0.29) is 16.7 Å². The maximum absolute atomic E-state index is 13.2. The van der Waals surface area contributed by atoms with Gasteiger partial charge in [-0.15, -0.1) is 0 Å². The molecule has 2 amide bonds. The molecule has 0 aliphatic carbocycles. The summed E-state index contributed by atoms with van der Waals surface area (Å²) in [6.07, 6.45) is 1.74. The fourth-order valence-electron chi connectivity index (χ4n) is 4.07. The Balaban J connectivity index is 1.60. The molecule has 0 saturated carbocycles. The molecule has 0 spiro atoms. The summed E-state index contributed by atoms with van der Waals surface area (Å²) in [4.78, 5) is 27.6. The number of rotatable bonds is 4. The quantitative estimate of drug-likeness (QED) is 0.810. The lowest BCUT2D eigenvalue weighted by Gasteiger charge is -2.35. The van der Waals surface area contributed by atoms with Gasteiger partial charge in [-0.05, 0) is 49.6 Å². The van der Waals surface area contributed by atoms with Gasteiger partial charge in [-0.2, -0.15) is 4.31 Å². The second-order valence-corrected chi connectivity index (χ2v) is 9.68. The first-order valence-electron chi connectivity index (χ1n) is 10.1. The van der Waals surface area contributed by atoms with Gasteiger partial charge >= 0.3 is 0 Å². The van der Waals surface area contributed by atoms with Crippen molar-refractivity contribution in [1.82, 2.24) is 14.5 Å². The van der Waals surface area contributed by atoms with Crippen molar-refractivity contribution in [2.45, 2.75) is 30.7 Å². The fourth-order valence-corrected chi connectivity index (χ4v) is 5.59. The van der Waals surface area contributed by atoms with E-state index >= 15 is 0 Å². The van der Waals surface area contributed by atoms with Crippen molar-refractivity contribution in [3.05, 3.63) is 65.2 Å². The summed E-state index contributed by atoms with van der Waals surface area (Å²) < 4.78 is 26.9. The van der Waals surface area contributed by atoms with Crippen molar-refractivity contribution < 1.29 is 18.0 Å². The van der Waals surface area contributed by atoms with Gasteiger partial charge in [0.25, 0.3) is 5.91 Å². The topological polar surface area (TPSA) is 86.8 Å². The van der Waals surface area contributed by atoms with Gasteiger partial charge in [0.15, 0.2) is 0 Å². The summed E-state index contributed by atoms with van der Waals surface area (Å²) in [5, 5.41) is 2.83. The SMILES string of the molecule is Cc1cccc(C2C(=O)NCCN2C(=O)c2ccc(S(=O)(=O)N3CCCC3)cc2)c1. The average Bonchev–Trinajstić information content (AvgIpc) is 3.29. The Morgan fingerprint density at radius 1 is 1.03 bits per heavy atom. The molecule has 2 saturated heterocycles. The predicted molar refractivity (Wildman–Crippen MR) is 112 cm³/mol. The number of nitrogens with one attached hydrogen (secondary N) is 1. The minimum atomic E-state index is -3.53. The molecule has 1 N–H and O–H groups in total. The Morgan fingerprint density at radius 2 is 1.73 bits per heavy atom. The van der Waals surface area contributed by atoms with Gasteiger partial charge in [0, 0.05) is 31.7 Å². The van der Waals surface area contributed by atoms with Crippen LogP contribution in [0.1, 0.15) is 40.4 Å². The van der Waals surface area contributed by atoms with E-state index in [0.717, 1.165) is 24.0 Å². The number of amides is 2. The lowest BCUT2D eigenvalue weighted by molar-refractivity contribution is -0.128. The van der Waals surface area contributed by atoms with E-state index in [1.54, 1.807) is 4.90 Å². The van der Waals surface area contributed by atoms with Crippen LogP contribution in [-0.2, 0) is 14.8 Å². The standard InChI is InChI=1S/C22H25N3O4S/c1-16-5-4-6-18(15-16)20-21(26)23-11-14-25(20)22(27)17-7-9-19(10-8-17)30(28,29)24-12-2-3-13-24/h4-10,15,20H,2-3,11-14H2,1H3,(H,23,26). The number of hydrogen-bond acceptors (Lipinski definition) is 4. The first-order valence-corrected chi connectivity index (χ1v) is 11.6. The maximum atomic E-state index is 13.2. The van der Waals surface area contributed by atoms with Crippen LogP contribution in [0.5, 0.6) is 0 Å². The molecular formula is C22H25N3O4S. The lowest BCUT2D eigenvalue weighted by atomic mass is 9.99. The van der Waals surface area contributed by atoms with Crippen molar-refractivity contribution in [3.63, 3.8) is 0 Å². The molecule has 4 rings (SSSR count). The van der Waals surface area contributed by atoms with Gasteiger partial charge in [-0.3, -0.25) is 9.59 Å². The number of piperazine rings is 1. The van der Waals surface area contributed by atoms with Crippen molar-refractivity contribution in [2.75, 3.05) is 26.2 Å². The van der Waals surface area contributed by atoms with Gasteiger partial charge in [-0.1, -0.05) is 29.8 Å². The third kappa shape index (κ3) is 3.85. The summed E-state index contributed by atoms with van der Waals surface area (Å²) in [5.41, 5.74) is 2.13. The Bertz CT molecular complexity index is 1060. The molecule has 2 heterocycles. The maximum Gasteiger partial charge on any atom is 0.254 e. The Labute approximate surface area is 176 Å². The van der Waals surface area contributed by atoms with Crippen LogP contribution in [0.25, 0.3) is 0 Å². The highest BCUT2D eigenvalue weighted by Crippen LogP contribution is 2.27. The Kier molecular flexibility index (Phi) is 5.62. The molecule has 0 aromatic heterocycles. The number of carbonyl (C=O) groups is 2. The predicted octanol–water partition coefficient (Wildman–Crippen LogP) is 2.09. The molecule has 7 nitrogen and oxygen atoms in total. The first kappa shape index (κ1) is 20.6. The van der Waals surface area contributed by atoms with Crippen LogP contribution in [0.4, 0.5) is 0 Å². The average molecular weight is 428 g/mol. The summed E-state index contributed by atoms with van der Waals surface area (Å²) in [6, 6.07) is 12.9. The van der Waals surface area contributed by atoms with Crippen molar-refractivity contribution in [1.29, 1.82) is 0 Å². The Morgan fingerprint density at radius 3 is 2.40 bits per heavy atom. The number of nitrogens with zero attached hydrogens (tertiary/aromatic N) is 2. The smallest absolute Gasteiger partial charge is 0.254 e. The van der Waals surface area contributed by atoms with E-state index in [9.17, 15) is 18.0 Å². The molecule has 2 aromatic carbocycles. The first-order chi connectivity index (χ1) is 14.4. The molecule has 0 bridgehead atoms. The fraction of sp³-hybridized carbons (Fsp3) is 0.364. The summed E-state index contributed by atoms with van der Waals surface area (Å²) >= 11 is 0. The zero-order chi connectivity index (χ0) is 21.3. The highest BCUT2D eigenvalue weighted by molar-refractivity contribution is 7.89. The zero-order valence-electron chi connectivity index (χ0n) is 16.9. The van der Waals surface area contributed by atoms with Crippen molar-refractivity contribution in [3.8, 4) is 0 Å². The van der Waals surface area contributed by atoms with Gasteiger partial charge < -0.3 is 10.2 Å². The van der Waals surface area contributed by atoms with Crippen molar-refractivity contribution >= 4 is 21.8 Å². The van der Waals surface area contributed by atoms with Gasteiger partial charge in [0.2, 0.25) is 15.9 Å². The van der Waals surface area contributed by atoms with E-state index in [1.165, 1.54) is 28.6 Å².